The lowest BCUT2D eigenvalue weighted by atomic mass is 9.92. The summed E-state index contributed by atoms with van der Waals surface area (Å²) in [6.07, 6.45) is 2.32. The first kappa shape index (κ1) is 13.8. The molecule has 19 heavy (non-hydrogen) atoms. The first-order chi connectivity index (χ1) is 9.42. The highest BCUT2D eigenvalue weighted by Crippen LogP contribution is 2.24. The van der Waals surface area contributed by atoms with Crippen molar-refractivity contribution in [2.45, 2.75) is 25.7 Å². The first-order valence-electron chi connectivity index (χ1n) is 7.09. The lowest BCUT2D eigenvalue weighted by Gasteiger charge is -2.18. The van der Waals surface area contributed by atoms with Gasteiger partial charge in [-0.2, -0.15) is 0 Å². The molecule has 0 saturated carbocycles. The van der Waals surface area contributed by atoms with Crippen molar-refractivity contribution in [2.75, 3.05) is 13.2 Å². The van der Waals surface area contributed by atoms with Gasteiger partial charge < -0.3 is 4.74 Å². The van der Waals surface area contributed by atoms with E-state index < -0.39 is 0 Å². The van der Waals surface area contributed by atoms with Crippen molar-refractivity contribution in [2.24, 2.45) is 0 Å². The maximum Gasteiger partial charge on any atom is 0.0575 e. The quantitative estimate of drug-likeness (QED) is 0.654. The second kappa shape index (κ2) is 7.75. The molecule has 0 aromatic heterocycles. The SMILES string of the molecule is CCCCOCC(c1ccccc1)c1ccccc1. The second-order valence-electron chi connectivity index (χ2n) is 4.80. The summed E-state index contributed by atoms with van der Waals surface area (Å²) < 4.78 is 5.85. The molecule has 2 aromatic carbocycles. The topological polar surface area (TPSA) is 9.23 Å². The molecule has 0 heterocycles. The van der Waals surface area contributed by atoms with E-state index in [1.54, 1.807) is 0 Å². The van der Waals surface area contributed by atoms with Gasteiger partial charge in [-0.1, -0.05) is 74.0 Å². The molecule has 0 unspecified atom stereocenters. The fraction of sp³-hybridized carbons (Fsp3) is 0.333. The molecular weight excluding hydrogens is 232 g/mol. The van der Waals surface area contributed by atoms with E-state index in [2.05, 4.69) is 67.6 Å². The molecule has 1 heteroatoms. The zero-order valence-electron chi connectivity index (χ0n) is 11.6. The van der Waals surface area contributed by atoms with E-state index in [1.807, 2.05) is 0 Å². The van der Waals surface area contributed by atoms with E-state index in [1.165, 1.54) is 17.5 Å². The van der Waals surface area contributed by atoms with Gasteiger partial charge in [-0.15, -0.1) is 0 Å². The Balaban J connectivity index is 2.10. The third kappa shape index (κ3) is 4.22. The molecule has 1 nitrogen and oxygen atoms in total. The van der Waals surface area contributed by atoms with Gasteiger partial charge in [0, 0.05) is 12.5 Å². The van der Waals surface area contributed by atoms with Gasteiger partial charge in [0.15, 0.2) is 0 Å². The molecule has 0 radical (unpaired) electrons. The molecule has 0 aliphatic carbocycles. The van der Waals surface area contributed by atoms with Gasteiger partial charge >= 0.3 is 0 Å². The van der Waals surface area contributed by atoms with Gasteiger partial charge in [-0.3, -0.25) is 0 Å². The summed E-state index contributed by atoms with van der Waals surface area (Å²) in [6.45, 7) is 3.80. The Morgan fingerprint density at radius 3 is 1.84 bits per heavy atom. The Labute approximate surface area is 116 Å². The minimum atomic E-state index is 0.333. The van der Waals surface area contributed by atoms with E-state index in [-0.39, 0.29) is 0 Å². The highest BCUT2D eigenvalue weighted by atomic mass is 16.5. The summed E-state index contributed by atoms with van der Waals surface area (Å²) in [4.78, 5) is 0. The van der Waals surface area contributed by atoms with E-state index >= 15 is 0 Å². The minimum Gasteiger partial charge on any atom is -0.380 e. The van der Waals surface area contributed by atoms with Crippen molar-refractivity contribution < 1.29 is 4.74 Å². The Hall–Kier alpha value is -1.60. The summed E-state index contributed by atoms with van der Waals surface area (Å²) in [5.41, 5.74) is 2.65. The fourth-order valence-electron chi connectivity index (χ4n) is 2.20. The largest absolute Gasteiger partial charge is 0.380 e. The molecule has 2 rings (SSSR count). The van der Waals surface area contributed by atoms with E-state index in [9.17, 15) is 0 Å². The zero-order valence-corrected chi connectivity index (χ0v) is 11.6. The maximum atomic E-state index is 5.85. The van der Waals surface area contributed by atoms with Crippen LogP contribution in [0.4, 0.5) is 0 Å². The minimum absolute atomic E-state index is 0.333. The van der Waals surface area contributed by atoms with Crippen LogP contribution in [0.15, 0.2) is 60.7 Å². The Bertz CT molecular complexity index is 410. The van der Waals surface area contributed by atoms with Crippen LogP contribution in [0.2, 0.25) is 0 Å². The van der Waals surface area contributed by atoms with Crippen LogP contribution in [0.3, 0.4) is 0 Å². The van der Waals surface area contributed by atoms with Gasteiger partial charge in [-0.05, 0) is 17.5 Å². The molecule has 0 aliphatic rings. The van der Waals surface area contributed by atoms with Crippen LogP contribution >= 0.6 is 0 Å². The molecule has 100 valence electrons. The third-order valence-corrected chi connectivity index (χ3v) is 3.33. The predicted octanol–water partition coefficient (Wildman–Crippen LogP) is 4.64. The molecule has 2 aromatic rings. The van der Waals surface area contributed by atoms with Crippen molar-refractivity contribution >= 4 is 0 Å². The number of hydrogen-bond donors (Lipinski definition) is 0. The molecule has 0 saturated heterocycles. The van der Waals surface area contributed by atoms with Crippen LogP contribution in [0.5, 0.6) is 0 Å². The van der Waals surface area contributed by atoms with Crippen LogP contribution in [-0.4, -0.2) is 13.2 Å². The molecule has 0 amide bonds. The monoisotopic (exact) mass is 254 g/mol. The lowest BCUT2D eigenvalue weighted by Crippen LogP contribution is -2.10. The van der Waals surface area contributed by atoms with Crippen molar-refractivity contribution in [3.63, 3.8) is 0 Å². The zero-order chi connectivity index (χ0) is 13.3. The fourth-order valence-corrected chi connectivity index (χ4v) is 2.20. The summed E-state index contributed by atoms with van der Waals surface area (Å²) in [5, 5.41) is 0. The van der Waals surface area contributed by atoms with Crippen LogP contribution < -0.4 is 0 Å². The highest BCUT2D eigenvalue weighted by molar-refractivity contribution is 5.32. The van der Waals surface area contributed by atoms with Crippen LogP contribution in [-0.2, 0) is 4.74 Å². The Morgan fingerprint density at radius 2 is 1.37 bits per heavy atom. The third-order valence-electron chi connectivity index (χ3n) is 3.33. The second-order valence-corrected chi connectivity index (χ2v) is 4.80. The number of benzene rings is 2. The summed E-state index contributed by atoms with van der Waals surface area (Å²) in [5.74, 6) is 0.333. The molecule has 0 aliphatic heterocycles. The van der Waals surface area contributed by atoms with Gasteiger partial charge in [-0.25, -0.2) is 0 Å². The molecule has 0 N–H and O–H groups in total. The van der Waals surface area contributed by atoms with E-state index in [0.29, 0.717) is 5.92 Å². The van der Waals surface area contributed by atoms with E-state index in [0.717, 1.165) is 19.6 Å². The number of unbranched alkanes of at least 4 members (excludes halogenated alkanes) is 1. The average Bonchev–Trinajstić information content (AvgIpc) is 2.49. The summed E-state index contributed by atoms with van der Waals surface area (Å²) in [7, 11) is 0. The average molecular weight is 254 g/mol. The highest BCUT2D eigenvalue weighted by Gasteiger charge is 2.13. The number of ether oxygens (including phenoxy) is 1. The molecular formula is C18H22O. The van der Waals surface area contributed by atoms with Crippen LogP contribution in [0.25, 0.3) is 0 Å². The Kier molecular flexibility index (Phi) is 5.64. The van der Waals surface area contributed by atoms with Gasteiger partial charge in [0.05, 0.1) is 6.61 Å². The first-order valence-corrected chi connectivity index (χ1v) is 7.09. The van der Waals surface area contributed by atoms with Crippen LogP contribution in [0.1, 0.15) is 36.8 Å². The van der Waals surface area contributed by atoms with E-state index in [4.69, 9.17) is 4.74 Å². The molecule has 0 spiro atoms. The number of rotatable bonds is 7. The smallest absolute Gasteiger partial charge is 0.0575 e. The lowest BCUT2D eigenvalue weighted by molar-refractivity contribution is 0.124. The van der Waals surface area contributed by atoms with Crippen molar-refractivity contribution in [1.29, 1.82) is 0 Å². The van der Waals surface area contributed by atoms with Crippen molar-refractivity contribution in [3.05, 3.63) is 71.8 Å². The summed E-state index contributed by atoms with van der Waals surface area (Å²) >= 11 is 0. The predicted molar refractivity (Wildman–Crippen MR) is 80.5 cm³/mol. The summed E-state index contributed by atoms with van der Waals surface area (Å²) in [6, 6.07) is 21.2. The van der Waals surface area contributed by atoms with Gasteiger partial charge in [0.1, 0.15) is 0 Å². The normalized spacial score (nSPS) is 10.8. The standard InChI is InChI=1S/C18H22O/c1-2-3-14-19-15-18(16-10-6-4-7-11-16)17-12-8-5-9-13-17/h4-13,18H,2-3,14-15H2,1H3. The number of hydrogen-bond acceptors (Lipinski definition) is 1. The Morgan fingerprint density at radius 1 is 0.842 bits per heavy atom. The molecule has 0 fully saturated rings. The van der Waals surface area contributed by atoms with Crippen molar-refractivity contribution in [3.8, 4) is 0 Å². The molecule has 0 bridgehead atoms. The maximum absolute atomic E-state index is 5.85. The van der Waals surface area contributed by atoms with Crippen LogP contribution in [0, 0.1) is 0 Å². The molecule has 0 atom stereocenters. The van der Waals surface area contributed by atoms with Gasteiger partial charge in [0.25, 0.3) is 0 Å². The van der Waals surface area contributed by atoms with Gasteiger partial charge in [0.2, 0.25) is 0 Å². The van der Waals surface area contributed by atoms with Crippen molar-refractivity contribution in [1.82, 2.24) is 0 Å².